The van der Waals surface area contributed by atoms with E-state index in [1.165, 1.54) is 0 Å². The van der Waals surface area contributed by atoms with Gasteiger partial charge in [-0.25, -0.2) is 0 Å². The quantitative estimate of drug-likeness (QED) is 0.378. The molecule has 8 heteroatoms. The molecule has 0 saturated carbocycles. The molecule has 2 aromatic carbocycles. The van der Waals surface area contributed by atoms with E-state index in [9.17, 15) is 4.79 Å². The molecule has 3 aromatic rings. The highest BCUT2D eigenvalue weighted by Crippen LogP contribution is 2.42. The first-order chi connectivity index (χ1) is 15.5. The van der Waals surface area contributed by atoms with E-state index in [1.807, 2.05) is 41.0 Å². The van der Waals surface area contributed by atoms with E-state index in [2.05, 4.69) is 39.0 Å². The number of halogens is 1. The summed E-state index contributed by atoms with van der Waals surface area (Å²) in [6.07, 6.45) is 0. The van der Waals surface area contributed by atoms with E-state index < -0.39 is 8.24 Å². The summed E-state index contributed by atoms with van der Waals surface area (Å²) in [7, 11) is -2.31. The summed E-state index contributed by atoms with van der Waals surface area (Å²) in [6.45, 7) is 13.4. The van der Waals surface area contributed by atoms with Crippen molar-refractivity contribution in [3.05, 3.63) is 64.4 Å². The van der Waals surface area contributed by atoms with Crippen molar-refractivity contribution in [1.82, 2.24) is 9.72 Å². The fraction of sp³-hybridized carbons (Fsp3) is 0.360. The van der Waals surface area contributed by atoms with Crippen molar-refractivity contribution in [3.8, 4) is 22.8 Å². The van der Waals surface area contributed by atoms with E-state index in [0.717, 1.165) is 11.3 Å². The lowest BCUT2D eigenvalue weighted by Gasteiger charge is -2.46. The van der Waals surface area contributed by atoms with Gasteiger partial charge in [-0.1, -0.05) is 74.9 Å². The minimum absolute atomic E-state index is 0.0748. The van der Waals surface area contributed by atoms with Crippen LogP contribution in [0.2, 0.25) is 23.2 Å². The Morgan fingerprint density at radius 2 is 1.82 bits per heavy atom. The van der Waals surface area contributed by atoms with Gasteiger partial charge in [-0.3, -0.25) is 4.79 Å². The number of hydrogen-bond donors (Lipinski definition) is 0. The van der Waals surface area contributed by atoms with Crippen LogP contribution in [0.25, 0.3) is 11.3 Å². The predicted octanol–water partition coefficient (Wildman–Crippen LogP) is 6.68. The summed E-state index contributed by atoms with van der Waals surface area (Å²) in [4.78, 5) is 14.2. The summed E-state index contributed by atoms with van der Waals surface area (Å²) < 4.78 is 18.5. The molecular formula is C25H29ClN2O4Si. The van der Waals surface area contributed by atoms with Gasteiger partial charge < -0.3 is 18.6 Å². The first-order valence-corrected chi connectivity index (χ1v) is 14.2. The van der Waals surface area contributed by atoms with Crippen LogP contribution >= 0.6 is 11.6 Å². The highest BCUT2D eigenvalue weighted by molar-refractivity contribution is 6.79. The number of rotatable bonds is 5. The van der Waals surface area contributed by atoms with Crippen molar-refractivity contribution >= 4 is 25.7 Å². The monoisotopic (exact) mass is 484 g/mol. The van der Waals surface area contributed by atoms with Crippen LogP contribution < -0.4 is 9.47 Å². The number of carbonyl (C=O) groups excluding carboxylic acids is 1. The molecule has 0 fully saturated rings. The zero-order valence-corrected chi connectivity index (χ0v) is 21.6. The summed E-state index contributed by atoms with van der Waals surface area (Å²) >= 11 is 6.45. The van der Waals surface area contributed by atoms with Gasteiger partial charge in [0.05, 0.1) is 5.02 Å². The lowest BCUT2D eigenvalue weighted by Crippen LogP contribution is -2.57. The van der Waals surface area contributed by atoms with E-state index in [0.29, 0.717) is 39.9 Å². The van der Waals surface area contributed by atoms with Crippen molar-refractivity contribution in [1.29, 1.82) is 0 Å². The van der Waals surface area contributed by atoms with Crippen LogP contribution in [0.5, 0.6) is 11.5 Å². The zero-order chi connectivity index (χ0) is 24.0. The van der Waals surface area contributed by atoms with Gasteiger partial charge in [0.25, 0.3) is 5.91 Å². The molecule has 0 aliphatic carbocycles. The van der Waals surface area contributed by atoms with Crippen molar-refractivity contribution in [2.45, 2.75) is 52.4 Å². The molecule has 1 aliphatic heterocycles. The predicted molar refractivity (Wildman–Crippen MR) is 131 cm³/mol. The topological polar surface area (TPSA) is 64.8 Å². The maximum Gasteiger partial charge on any atom is 0.252 e. The van der Waals surface area contributed by atoms with Crippen LogP contribution in [-0.4, -0.2) is 30.7 Å². The van der Waals surface area contributed by atoms with Crippen molar-refractivity contribution in [2.24, 2.45) is 0 Å². The molecule has 0 radical (unpaired) electrons. The van der Waals surface area contributed by atoms with Gasteiger partial charge in [-0.15, -0.1) is 0 Å². The Hall–Kier alpha value is -2.77. The summed E-state index contributed by atoms with van der Waals surface area (Å²) in [6, 6.07) is 13.2. The fourth-order valence-corrected chi connectivity index (χ4v) is 5.98. The Kier molecular flexibility index (Phi) is 6.05. The molecule has 2 heterocycles. The lowest BCUT2D eigenvalue weighted by molar-refractivity contribution is 0.0836. The third-order valence-corrected chi connectivity index (χ3v) is 12.4. The molecule has 0 bridgehead atoms. The Bertz CT molecular complexity index is 1200. The third-order valence-electron chi connectivity index (χ3n) is 6.74. The van der Waals surface area contributed by atoms with Crippen molar-refractivity contribution in [2.75, 3.05) is 6.79 Å². The Labute approximate surface area is 200 Å². The Morgan fingerprint density at radius 3 is 2.52 bits per heavy atom. The van der Waals surface area contributed by atoms with E-state index in [1.54, 1.807) is 13.0 Å². The van der Waals surface area contributed by atoms with Crippen molar-refractivity contribution in [3.63, 3.8) is 0 Å². The van der Waals surface area contributed by atoms with Gasteiger partial charge in [0.1, 0.15) is 17.0 Å². The van der Waals surface area contributed by atoms with E-state index in [4.69, 9.17) is 25.6 Å². The highest BCUT2D eigenvalue weighted by Gasteiger charge is 2.45. The molecule has 1 amide bonds. The maximum absolute atomic E-state index is 14.2. The van der Waals surface area contributed by atoms with Crippen LogP contribution in [0.15, 0.2) is 47.0 Å². The number of aryl methyl sites for hydroxylation is 1. The minimum atomic E-state index is -2.31. The fourth-order valence-electron chi connectivity index (χ4n) is 3.75. The number of aromatic nitrogens is 1. The number of ether oxygens (including phenoxy) is 2. The van der Waals surface area contributed by atoms with Gasteiger partial charge in [0.15, 0.2) is 19.7 Å². The molecule has 0 N–H and O–H groups in total. The second kappa shape index (κ2) is 8.54. The second-order valence-corrected chi connectivity index (χ2v) is 15.4. The SMILES string of the molecule is Cc1onc(-c2ccccc2Cl)c1C(=O)N(Cc1ccc2c(c1)OCO2)[Si](C)(C)C(C)(C)C. The van der Waals surface area contributed by atoms with Gasteiger partial charge in [-0.2, -0.15) is 0 Å². The average Bonchev–Trinajstić information content (AvgIpc) is 3.37. The number of fused-ring (bicyclic) bond motifs is 1. The summed E-state index contributed by atoms with van der Waals surface area (Å²) in [5.41, 5.74) is 2.58. The van der Waals surface area contributed by atoms with Crippen LogP contribution in [0, 0.1) is 6.92 Å². The molecule has 0 unspecified atom stereocenters. The molecule has 1 aliphatic rings. The largest absolute Gasteiger partial charge is 0.454 e. The second-order valence-electron chi connectivity index (χ2n) is 9.83. The number of benzene rings is 2. The lowest BCUT2D eigenvalue weighted by atomic mass is 10.1. The molecule has 1 aromatic heterocycles. The first kappa shape index (κ1) is 23.4. The number of amides is 1. The molecule has 33 heavy (non-hydrogen) atoms. The van der Waals surface area contributed by atoms with Crippen LogP contribution in [0.4, 0.5) is 0 Å². The number of hydrogen-bond acceptors (Lipinski definition) is 5. The van der Waals surface area contributed by atoms with Crippen molar-refractivity contribution < 1.29 is 18.8 Å². The molecule has 0 saturated heterocycles. The summed E-state index contributed by atoms with van der Waals surface area (Å²) in [5.74, 6) is 1.80. The van der Waals surface area contributed by atoms with E-state index in [-0.39, 0.29) is 17.7 Å². The number of nitrogens with zero attached hydrogens (tertiary/aromatic N) is 2. The highest BCUT2D eigenvalue weighted by atomic mass is 35.5. The Morgan fingerprint density at radius 1 is 1.12 bits per heavy atom. The molecule has 174 valence electrons. The molecule has 0 atom stereocenters. The molecule has 0 spiro atoms. The van der Waals surface area contributed by atoms with Crippen LogP contribution in [0.1, 0.15) is 42.5 Å². The number of carbonyl (C=O) groups is 1. The van der Waals surface area contributed by atoms with E-state index >= 15 is 0 Å². The molecule has 6 nitrogen and oxygen atoms in total. The maximum atomic E-state index is 14.2. The summed E-state index contributed by atoms with van der Waals surface area (Å²) in [5, 5.41) is 4.67. The molecule has 4 rings (SSSR count). The van der Waals surface area contributed by atoms with Gasteiger partial charge in [0.2, 0.25) is 6.79 Å². The standard InChI is InChI=1S/C25H29ClN2O4Si/c1-16-22(23(27-32-16)18-9-7-8-10-19(18)26)24(29)28(33(5,6)25(2,3)4)14-17-11-12-20-21(13-17)31-15-30-20/h7-13H,14-15H2,1-6H3. The van der Waals surface area contributed by atoms with Gasteiger partial charge >= 0.3 is 0 Å². The normalized spacial score (nSPS) is 13.3. The van der Waals surface area contributed by atoms with Crippen LogP contribution in [0.3, 0.4) is 0 Å². The zero-order valence-electron chi connectivity index (χ0n) is 19.9. The molecular weight excluding hydrogens is 456 g/mol. The smallest absolute Gasteiger partial charge is 0.252 e. The van der Waals surface area contributed by atoms with Gasteiger partial charge in [-0.05, 0) is 35.7 Å². The van der Waals surface area contributed by atoms with Gasteiger partial charge in [0, 0.05) is 12.1 Å². The Balaban J connectivity index is 1.80. The van der Waals surface area contributed by atoms with Crippen LogP contribution in [-0.2, 0) is 6.54 Å². The third kappa shape index (κ3) is 4.27. The average molecular weight is 485 g/mol. The first-order valence-electron chi connectivity index (χ1n) is 10.9. The minimum Gasteiger partial charge on any atom is -0.454 e.